The number of nitriles is 1. The molecule has 3 rings (SSSR count). The Kier molecular flexibility index (Phi) is 5.37. The van der Waals surface area contributed by atoms with Gasteiger partial charge in [0.1, 0.15) is 0 Å². The molecule has 1 fully saturated rings. The van der Waals surface area contributed by atoms with Crippen molar-refractivity contribution in [1.29, 1.82) is 5.26 Å². The molecular weight excluding hydrogens is 350 g/mol. The molecule has 2 aromatic carbocycles. The van der Waals surface area contributed by atoms with Gasteiger partial charge in [0, 0.05) is 11.4 Å². The van der Waals surface area contributed by atoms with Crippen molar-refractivity contribution in [2.75, 3.05) is 11.6 Å². The predicted molar refractivity (Wildman–Crippen MR) is 105 cm³/mol. The van der Waals surface area contributed by atoms with Gasteiger partial charge in [0.05, 0.1) is 23.2 Å². The van der Waals surface area contributed by atoms with Crippen LogP contribution in [0, 0.1) is 17.2 Å². The highest BCUT2D eigenvalue weighted by atomic mass is 32.1. The van der Waals surface area contributed by atoms with E-state index in [1.54, 1.807) is 22.5 Å². The standard InChI is InChI=1S/C19H17N3OS2/c20-11-13-4-3-5-15(10-13)22-12-14(8-9-24)18(19(23)21-22)16-6-1-2-7-17(16)25/h1-7,9-10,14,18,25H,8,12H2,(H,21,23). The van der Waals surface area contributed by atoms with Crippen molar-refractivity contribution in [2.24, 2.45) is 5.92 Å². The molecule has 25 heavy (non-hydrogen) atoms. The number of carbonyl (C=O) groups excluding carboxylic acids is 1. The number of hydrogen-bond acceptors (Lipinski definition) is 5. The summed E-state index contributed by atoms with van der Waals surface area (Å²) >= 11 is 9.57. The molecule has 0 bridgehead atoms. The second kappa shape index (κ2) is 7.68. The highest BCUT2D eigenvalue weighted by Crippen LogP contribution is 2.35. The van der Waals surface area contributed by atoms with Crippen molar-refractivity contribution in [3.8, 4) is 6.07 Å². The van der Waals surface area contributed by atoms with Crippen LogP contribution in [-0.4, -0.2) is 17.8 Å². The Morgan fingerprint density at radius 2 is 2.12 bits per heavy atom. The van der Waals surface area contributed by atoms with Crippen LogP contribution in [0.2, 0.25) is 0 Å². The fourth-order valence-electron chi connectivity index (χ4n) is 3.20. The number of nitrogens with one attached hydrogen (secondary N) is 1. The first kappa shape index (κ1) is 17.5. The molecule has 0 aromatic heterocycles. The van der Waals surface area contributed by atoms with Gasteiger partial charge in [-0.1, -0.05) is 36.5 Å². The van der Waals surface area contributed by atoms with Crippen molar-refractivity contribution < 1.29 is 4.79 Å². The lowest BCUT2D eigenvalue weighted by Crippen LogP contribution is -2.54. The largest absolute Gasteiger partial charge is 0.285 e. The molecule has 6 heteroatoms. The van der Waals surface area contributed by atoms with E-state index >= 15 is 0 Å². The highest BCUT2D eigenvalue weighted by molar-refractivity contribution is 7.80. The summed E-state index contributed by atoms with van der Waals surface area (Å²) in [4.78, 5) is 13.7. The molecule has 2 aromatic rings. The minimum atomic E-state index is -0.303. The van der Waals surface area contributed by atoms with Gasteiger partial charge in [0.15, 0.2) is 0 Å². The van der Waals surface area contributed by atoms with Gasteiger partial charge in [-0.05, 0) is 47.5 Å². The number of thiocarbonyl (C=S) groups is 1. The van der Waals surface area contributed by atoms with Gasteiger partial charge < -0.3 is 0 Å². The van der Waals surface area contributed by atoms with Gasteiger partial charge in [-0.15, -0.1) is 12.6 Å². The van der Waals surface area contributed by atoms with Crippen LogP contribution < -0.4 is 10.4 Å². The normalized spacial score (nSPS) is 19.8. The van der Waals surface area contributed by atoms with E-state index in [-0.39, 0.29) is 17.7 Å². The Morgan fingerprint density at radius 1 is 1.32 bits per heavy atom. The quantitative estimate of drug-likeness (QED) is 0.642. The number of rotatable bonds is 4. The Balaban J connectivity index is 1.93. The predicted octanol–water partition coefficient (Wildman–Crippen LogP) is 3.49. The lowest BCUT2D eigenvalue weighted by atomic mass is 9.82. The number of carbonyl (C=O) groups is 1. The molecule has 1 aliphatic heterocycles. The van der Waals surface area contributed by atoms with Crippen LogP contribution in [0.3, 0.4) is 0 Å². The number of anilines is 1. The van der Waals surface area contributed by atoms with Crippen molar-refractivity contribution in [2.45, 2.75) is 17.2 Å². The van der Waals surface area contributed by atoms with Gasteiger partial charge in [-0.25, -0.2) is 0 Å². The van der Waals surface area contributed by atoms with E-state index in [1.165, 1.54) is 0 Å². The van der Waals surface area contributed by atoms with Crippen LogP contribution in [-0.2, 0) is 4.79 Å². The molecule has 0 radical (unpaired) electrons. The molecule has 0 spiro atoms. The minimum Gasteiger partial charge on any atom is -0.285 e. The van der Waals surface area contributed by atoms with E-state index in [1.807, 2.05) is 36.4 Å². The number of nitrogens with zero attached hydrogens (tertiary/aromatic N) is 2. The zero-order valence-corrected chi connectivity index (χ0v) is 15.1. The summed E-state index contributed by atoms with van der Waals surface area (Å²) in [5.41, 5.74) is 5.21. The van der Waals surface area contributed by atoms with Crippen LogP contribution in [0.5, 0.6) is 0 Å². The number of hydrogen-bond donors (Lipinski definition) is 2. The summed E-state index contributed by atoms with van der Waals surface area (Å²) in [5, 5.41) is 12.6. The Bertz CT molecular complexity index is 847. The third-order valence-electron chi connectivity index (χ3n) is 4.37. The molecule has 1 N–H and O–H groups in total. The van der Waals surface area contributed by atoms with Gasteiger partial charge in [0.2, 0.25) is 5.91 Å². The number of benzene rings is 2. The molecule has 1 saturated heterocycles. The lowest BCUT2D eigenvalue weighted by molar-refractivity contribution is -0.125. The maximum Gasteiger partial charge on any atom is 0.246 e. The topological polar surface area (TPSA) is 56.1 Å². The van der Waals surface area contributed by atoms with Crippen molar-refractivity contribution >= 4 is 41.8 Å². The lowest BCUT2D eigenvalue weighted by Gasteiger charge is -2.39. The summed E-state index contributed by atoms with van der Waals surface area (Å²) in [5.74, 6) is -0.356. The highest BCUT2D eigenvalue weighted by Gasteiger charge is 2.37. The van der Waals surface area contributed by atoms with Crippen LogP contribution in [0.25, 0.3) is 0 Å². The first-order chi connectivity index (χ1) is 12.1. The Labute approximate surface area is 157 Å². The van der Waals surface area contributed by atoms with E-state index in [0.29, 0.717) is 18.5 Å². The molecule has 126 valence electrons. The zero-order chi connectivity index (χ0) is 17.8. The van der Waals surface area contributed by atoms with Gasteiger partial charge >= 0.3 is 0 Å². The fraction of sp³-hybridized carbons (Fsp3) is 0.211. The minimum absolute atomic E-state index is 0.0327. The van der Waals surface area contributed by atoms with Crippen molar-refractivity contribution in [1.82, 2.24) is 5.43 Å². The summed E-state index contributed by atoms with van der Waals surface area (Å²) in [7, 11) is 0. The van der Waals surface area contributed by atoms with E-state index in [2.05, 4.69) is 24.1 Å². The molecule has 0 aliphatic carbocycles. The van der Waals surface area contributed by atoms with Gasteiger partial charge in [-0.3, -0.25) is 15.2 Å². The molecule has 1 amide bonds. The molecule has 1 heterocycles. The molecule has 1 aliphatic rings. The molecular formula is C19H17N3OS2. The number of thiol groups is 1. The maximum atomic E-state index is 12.9. The Hall–Kier alpha value is -2.36. The molecule has 2 atom stereocenters. The number of amides is 1. The van der Waals surface area contributed by atoms with Crippen LogP contribution in [0.1, 0.15) is 23.5 Å². The summed E-state index contributed by atoms with van der Waals surface area (Å²) in [6, 6.07) is 17.0. The molecule has 0 saturated carbocycles. The third kappa shape index (κ3) is 3.68. The smallest absolute Gasteiger partial charge is 0.246 e. The zero-order valence-electron chi connectivity index (χ0n) is 13.4. The van der Waals surface area contributed by atoms with E-state index in [0.717, 1.165) is 16.1 Å². The van der Waals surface area contributed by atoms with Crippen molar-refractivity contribution in [3.63, 3.8) is 0 Å². The summed E-state index contributed by atoms with van der Waals surface area (Å²) in [6.45, 7) is 0.612. The van der Waals surface area contributed by atoms with Crippen molar-refractivity contribution in [3.05, 3.63) is 59.7 Å². The second-order valence-corrected chi connectivity index (χ2v) is 6.76. The summed E-state index contributed by atoms with van der Waals surface area (Å²) in [6.07, 6.45) is 0.643. The fourth-order valence-corrected chi connectivity index (χ4v) is 3.74. The molecule has 2 unspecified atom stereocenters. The third-order valence-corrected chi connectivity index (χ3v) is 4.97. The first-order valence-corrected chi connectivity index (χ1v) is 8.85. The van der Waals surface area contributed by atoms with Crippen LogP contribution in [0.15, 0.2) is 53.4 Å². The van der Waals surface area contributed by atoms with E-state index in [9.17, 15) is 4.79 Å². The monoisotopic (exact) mass is 367 g/mol. The SMILES string of the molecule is N#Cc1cccc(N2CC(CC=S)C(c3ccccc3S)C(=O)N2)c1. The average molecular weight is 367 g/mol. The molecule has 4 nitrogen and oxygen atoms in total. The van der Waals surface area contributed by atoms with Gasteiger partial charge in [-0.2, -0.15) is 5.26 Å². The average Bonchev–Trinajstić information content (AvgIpc) is 2.63. The second-order valence-electron chi connectivity index (χ2n) is 5.95. The van der Waals surface area contributed by atoms with Crippen LogP contribution in [0.4, 0.5) is 5.69 Å². The number of hydrazine groups is 1. The van der Waals surface area contributed by atoms with Crippen LogP contribution >= 0.6 is 24.8 Å². The summed E-state index contributed by atoms with van der Waals surface area (Å²) < 4.78 is 0. The van der Waals surface area contributed by atoms with E-state index in [4.69, 9.17) is 17.5 Å². The Morgan fingerprint density at radius 3 is 2.84 bits per heavy atom. The van der Waals surface area contributed by atoms with E-state index < -0.39 is 0 Å². The maximum absolute atomic E-state index is 12.9. The first-order valence-electron chi connectivity index (χ1n) is 7.93. The van der Waals surface area contributed by atoms with Gasteiger partial charge in [0.25, 0.3) is 0 Å².